The topological polar surface area (TPSA) is 26.3 Å². The second kappa shape index (κ2) is 11.6. The molecule has 0 saturated carbocycles. The molecule has 0 aliphatic carbocycles. The van der Waals surface area contributed by atoms with Gasteiger partial charge in [0.2, 0.25) is 0 Å². The van der Waals surface area contributed by atoms with E-state index in [1.165, 1.54) is 0 Å². The van der Waals surface area contributed by atoms with E-state index in [0.717, 1.165) is 25.0 Å². The number of thioether (sulfide) groups is 1. The zero-order valence-corrected chi connectivity index (χ0v) is 13.6. The van der Waals surface area contributed by atoms with Crippen molar-refractivity contribution in [2.45, 2.75) is 71.2 Å². The number of ether oxygens (including phenoxy) is 1. The summed E-state index contributed by atoms with van der Waals surface area (Å²) in [4.78, 5) is 11.9. The van der Waals surface area contributed by atoms with Gasteiger partial charge in [0.05, 0.1) is 6.61 Å². The molecule has 0 spiro atoms. The van der Waals surface area contributed by atoms with Crippen molar-refractivity contribution in [1.82, 2.24) is 0 Å². The molecule has 2 unspecified atom stereocenters. The van der Waals surface area contributed by atoms with E-state index in [1.807, 2.05) is 27.7 Å². The third-order valence-electron chi connectivity index (χ3n) is 2.85. The van der Waals surface area contributed by atoms with Gasteiger partial charge in [0, 0.05) is 0 Å². The van der Waals surface area contributed by atoms with Crippen molar-refractivity contribution >= 4 is 17.7 Å². The highest BCUT2D eigenvalue weighted by atomic mass is 32.2. The van der Waals surface area contributed by atoms with Crippen molar-refractivity contribution in [3.63, 3.8) is 0 Å². The molecule has 0 heterocycles. The largest absolute Gasteiger partial charge is 0.465 e. The summed E-state index contributed by atoms with van der Waals surface area (Å²) >= 11 is 1.61. The number of halogens is 1. The molecule has 0 amide bonds. The van der Waals surface area contributed by atoms with E-state index in [4.69, 9.17) is 4.74 Å². The fraction of sp³-hybridized carbons (Fsp3) is 0.933. The number of carbonyl (C=O) groups is 1. The lowest BCUT2D eigenvalue weighted by molar-refractivity contribution is -0.143. The lowest BCUT2D eigenvalue weighted by Gasteiger charge is -2.19. The van der Waals surface area contributed by atoms with E-state index in [9.17, 15) is 9.18 Å². The van der Waals surface area contributed by atoms with Crippen LogP contribution in [0.15, 0.2) is 0 Å². The van der Waals surface area contributed by atoms with Crippen molar-refractivity contribution in [3.05, 3.63) is 0 Å². The lowest BCUT2D eigenvalue weighted by Crippen LogP contribution is -2.26. The Morgan fingerprint density at radius 3 is 2.42 bits per heavy atom. The van der Waals surface area contributed by atoms with Crippen molar-refractivity contribution < 1.29 is 13.9 Å². The average Bonchev–Trinajstić information content (AvgIpc) is 2.35. The lowest BCUT2D eigenvalue weighted by atomic mass is 10.1. The molecule has 0 fully saturated rings. The number of hydrogen-bond acceptors (Lipinski definition) is 3. The summed E-state index contributed by atoms with van der Waals surface area (Å²) in [5.74, 6) is 0.965. The summed E-state index contributed by atoms with van der Waals surface area (Å²) < 4.78 is 18.5. The molecule has 0 radical (unpaired) electrons. The maximum atomic E-state index is 13.3. The smallest absolute Gasteiger partial charge is 0.319 e. The van der Waals surface area contributed by atoms with E-state index >= 15 is 0 Å². The van der Waals surface area contributed by atoms with Crippen LogP contribution in [0.1, 0.15) is 59.8 Å². The number of hydrogen-bond donors (Lipinski definition) is 0. The first-order valence-corrected chi connectivity index (χ1v) is 8.50. The molecule has 0 aliphatic rings. The Labute approximate surface area is 121 Å². The quantitative estimate of drug-likeness (QED) is 0.411. The number of carbonyl (C=O) groups excluding carboxylic acids is 1. The van der Waals surface area contributed by atoms with E-state index in [1.54, 1.807) is 11.8 Å². The summed E-state index contributed by atoms with van der Waals surface area (Å²) in [6.45, 7) is 8.53. The van der Waals surface area contributed by atoms with Crippen LogP contribution in [0.25, 0.3) is 0 Å². The molecule has 0 rings (SSSR count). The summed E-state index contributed by atoms with van der Waals surface area (Å²) in [6.07, 6.45) is 3.14. The molecule has 0 aromatic carbocycles. The SMILES string of the molecule is CCCOC(=O)C(SCCCC(F)CCC)C(C)C. The van der Waals surface area contributed by atoms with Crippen LogP contribution in [0.4, 0.5) is 4.39 Å². The molecule has 114 valence electrons. The summed E-state index contributed by atoms with van der Waals surface area (Å²) in [7, 11) is 0. The maximum absolute atomic E-state index is 13.3. The van der Waals surface area contributed by atoms with Gasteiger partial charge in [-0.3, -0.25) is 4.79 Å². The van der Waals surface area contributed by atoms with Crippen molar-refractivity contribution in [2.75, 3.05) is 12.4 Å². The summed E-state index contributed by atoms with van der Waals surface area (Å²) in [5, 5.41) is -0.115. The Morgan fingerprint density at radius 2 is 1.89 bits per heavy atom. The zero-order valence-electron chi connectivity index (χ0n) is 12.8. The van der Waals surface area contributed by atoms with Crippen LogP contribution in [0.5, 0.6) is 0 Å². The zero-order chi connectivity index (χ0) is 14.7. The van der Waals surface area contributed by atoms with Crippen LogP contribution in [0, 0.1) is 5.92 Å². The van der Waals surface area contributed by atoms with Crippen LogP contribution in [0.3, 0.4) is 0 Å². The van der Waals surface area contributed by atoms with Crippen molar-refractivity contribution in [3.8, 4) is 0 Å². The third kappa shape index (κ3) is 9.31. The average molecular weight is 292 g/mol. The molecule has 0 aliphatic heterocycles. The Balaban J connectivity index is 3.92. The molecule has 0 aromatic rings. The standard InChI is InChI=1S/C15H29FO2S/c1-5-8-13(16)9-7-11-19-14(12(3)4)15(17)18-10-6-2/h12-14H,5-11H2,1-4H3. The number of alkyl halides is 1. The molecule has 0 saturated heterocycles. The van der Waals surface area contributed by atoms with Crippen LogP contribution in [-0.4, -0.2) is 29.8 Å². The van der Waals surface area contributed by atoms with Gasteiger partial charge in [-0.15, -0.1) is 11.8 Å². The van der Waals surface area contributed by atoms with E-state index < -0.39 is 6.17 Å². The minimum atomic E-state index is -0.685. The van der Waals surface area contributed by atoms with Gasteiger partial charge in [0.25, 0.3) is 0 Å². The predicted octanol–water partition coefficient (Wildman–Crippen LogP) is 4.62. The van der Waals surface area contributed by atoms with Gasteiger partial charge in [-0.1, -0.05) is 34.1 Å². The fourth-order valence-electron chi connectivity index (χ4n) is 1.79. The molecule has 0 N–H and O–H groups in total. The highest BCUT2D eigenvalue weighted by Crippen LogP contribution is 2.23. The first-order valence-electron chi connectivity index (χ1n) is 7.45. The van der Waals surface area contributed by atoms with Gasteiger partial charge < -0.3 is 4.74 Å². The van der Waals surface area contributed by atoms with E-state index in [0.29, 0.717) is 19.4 Å². The van der Waals surface area contributed by atoms with Crippen molar-refractivity contribution in [2.24, 2.45) is 5.92 Å². The Kier molecular flexibility index (Phi) is 11.4. The van der Waals surface area contributed by atoms with Gasteiger partial charge in [-0.2, -0.15) is 0 Å². The van der Waals surface area contributed by atoms with Gasteiger partial charge in [-0.05, 0) is 37.4 Å². The fourth-order valence-corrected chi connectivity index (χ4v) is 2.97. The summed E-state index contributed by atoms with van der Waals surface area (Å²) in [6, 6.07) is 0. The second-order valence-electron chi connectivity index (χ2n) is 5.23. The van der Waals surface area contributed by atoms with Gasteiger partial charge >= 0.3 is 5.97 Å². The van der Waals surface area contributed by atoms with Crippen LogP contribution >= 0.6 is 11.8 Å². The monoisotopic (exact) mass is 292 g/mol. The van der Waals surface area contributed by atoms with Crippen LogP contribution in [-0.2, 0) is 9.53 Å². The Bertz CT molecular complexity index is 234. The Morgan fingerprint density at radius 1 is 1.21 bits per heavy atom. The minimum absolute atomic E-state index is 0.115. The second-order valence-corrected chi connectivity index (χ2v) is 6.48. The minimum Gasteiger partial charge on any atom is -0.465 e. The molecular weight excluding hydrogens is 263 g/mol. The molecule has 4 heteroatoms. The van der Waals surface area contributed by atoms with Crippen LogP contribution < -0.4 is 0 Å². The molecule has 2 atom stereocenters. The van der Waals surface area contributed by atoms with E-state index in [2.05, 4.69) is 0 Å². The molecule has 19 heavy (non-hydrogen) atoms. The molecule has 2 nitrogen and oxygen atoms in total. The molecule has 0 aromatic heterocycles. The molecular formula is C15H29FO2S. The van der Waals surface area contributed by atoms with Crippen molar-refractivity contribution in [1.29, 1.82) is 0 Å². The van der Waals surface area contributed by atoms with E-state index in [-0.39, 0.29) is 17.1 Å². The van der Waals surface area contributed by atoms with Gasteiger partial charge in [0.1, 0.15) is 11.4 Å². The van der Waals surface area contributed by atoms with Crippen LogP contribution in [0.2, 0.25) is 0 Å². The first kappa shape index (κ1) is 18.8. The highest BCUT2D eigenvalue weighted by Gasteiger charge is 2.23. The first-order chi connectivity index (χ1) is 9.02. The van der Waals surface area contributed by atoms with Gasteiger partial charge in [-0.25, -0.2) is 4.39 Å². The predicted molar refractivity (Wildman–Crippen MR) is 81.4 cm³/mol. The highest BCUT2D eigenvalue weighted by molar-refractivity contribution is 8.00. The maximum Gasteiger partial charge on any atom is 0.319 e. The number of esters is 1. The molecule has 0 bridgehead atoms. The normalized spacial score (nSPS) is 14.4. The number of rotatable bonds is 11. The summed E-state index contributed by atoms with van der Waals surface area (Å²) in [5.41, 5.74) is 0. The third-order valence-corrected chi connectivity index (χ3v) is 4.47. The van der Waals surface area contributed by atoms with Gasteiger partial charge in [0.15, 0.2) is 0 Å². The Hall–Kier alpha value is -0.250.